The largest absolute Gasteiger partial charge is 0.318 e. The molecule has 0 aliphatic rings. The Balaban J connectivity index is 2.79. The van der Waals surface area contributed by atoms with Crippen molar-refractivity contribution in [3.8, 4) is 0 Å². The van der Waals surface area contributed by atoms with Crippen LogP contribution in [0.1, 0.15) is 0 Å². The number of benzene rings is 1. The molecule has 2 nitrogen and oxygen atoms in total. The van der Waals surface area contributed by atoms with Crippen LogP contribution in [-0.4, -0.2) is 5.37 Å². The zero-order chi connectivity index (χ0) is 8.27. The molecule has 58 valence electrons. The Kier molecular flexibility index (Phi) is 2.91. The molecular weight excluding hydrogens is 229 g/mol. The predicted molar refractivity (Wildman–Crippen MR) is 49.0 cm³/mol. The summed E-state index contributed by atoms with van der Waals surface area (Å²) in [6.07, 6.45) is 0. The summed E-state index contributed by atoms with van der Waals surface area (Å²) in [6.45, 7) is 0. The number of hydrogen-bond donors (Lipinski definition) is 1. The Morgan fingerprint density at radius 2 is 2.27 bits per heavy atom. The third-order valence-corrected chi connectivity index (χ3v) is 1.65. The summed E-state index contributed by atoms with van der Waals surface area (Å²) >= 11 is 8.36. The van der Waals surface area contributed by atoms with Crippen molar-refractivity contribution in [3.05, 3.63) is 28.7 Å². The van der Waals surface area contributed by atoms with Gasteiger partial charge in [0.1, 0.15) is 0 Å². The molecule has 11 heavy (non-hydrogen) atoms. The smallest absolute Gasteiger partial charge is 0.312 e. The highest BCUT2D eigenvalue weighted by Crippen LogP contribution is 2.15. The van der Waals surface area contributed by atoms with Crippen LogP contribution in [-0.2, 0) is 0 Å². The quantitative estimate of drug-likeness (QED) is 0.587. The second-order valence-electron chi connectivity index (χ2n) is 1.91. The van der Waals surface area contributed by atoms with E-state index in [-0.39, 0.29) is 0 Å². The van der Waals surface area contributed by atoms with Gasteiger partial charge in [-0.3, -0.25) is 4.79 Å². The molecule has 0 unspecified atom stereocenters. The predicted octanol–water partition coefficient (Wildman–Crippen LogP) is 3.22. The molecule has 0 spiro atoms. The minimum Gasteiger partial charge on any atom is -0.312 e. The fraction of sp³-hybridized carbons (Fsp3) is 0. The molecule has 1 rings (SSSR count). The third-order valence-electron chi connectivity index (χ3n) is 1.07. The van der Waals surface area contributed by atoms with Crippen molar-refractivity contribution < 1.29 is 4.79 Å². The van der Waals surface area contributed by atoms with Gasteiger partial charge in [0.05, 0.1) is 0 Å². The Morgan fingerprint density at radius 1 is 1.55 bits per heavy atom. The van der Waals surface area contributed by atoms with Crippen molar-refractivity contribution >= 4 is 38.6 Å². The van der Waals surface area contributed by atoms with E-state index in [2.05, 4.69) is 21.2 Å². The molecule has 1 N–H and O–H groups in total. The van der Waals surface area contributed by atoms with Crippen LogP contribution in [0.4, 0.5) is 10.5 Å². The molecule has 1 aromatic rings. The van der Waals surface area contributed by atoms with E-state index in [1.807, 2.05) is 12.1 Å². The lowest BCUT2D eigenvalue weighted by Crippen LogP contribution is -2.00. The first kappa shape index (κ1) is 8.56. The highest BCUT2D eigenvalue weighted by Gasteiger charge is 1.95. The molecule has 0 atom stereocenters. The van der Waals surface area contributed by atoms with Crippen molar-refractivity contribution in [3.63, 3.8) is 0 Å². The SMILES string of the molecule is O=C(Cl)Nc1cccc(Br)c1. The van der Waals surface area contributed by atoms with Crippen LogP contribution in [0.3, 0.4) is 0 Å². The highest BCUT2D eigenvalue weighted by molar-refractivity contribution is 9.10. The molecule has 0 aliphatic heterocycles. The van der Waals surface area contributed by atoms with Crippen molar-refractivity contribution in [1.29, 1.82) is 0 Å². The van der Waals surface area contributed by atoms with Crippen LogP contribution >= 0.6 is 27.5 Å². The van der Waals surface area contributed by atoms with E-state index in [0.29, 0.717) is 5.69 Å². The molecule has 1 amide bonds. The topological polar surface area (TPSA) is 29.1 Å². The number of amides is 1. The normalized spacial score (nSPS) is 9.27. The van der Waals surface area contributed by atoms with Crippen LogP contribution in [0.5, 0.6) is 0 Å². The van der Waals surface area contributed by atoms with E-state index in [4.69, 9.17) is 11.6 Å². The number of carbonyl (C=O) groups excluding carboxylic acids is 1. The lowest BCUT2D eigenvalue weighted by molar-refractivity contribution is 0.269. The van der Waals surface area contributed by atoms with Crippen LogP contribution < -0.4 is 5.32 Å². The molecule has 0 heterocycles. The molecule has 0 bridgehead atoms. The van der Waals surface area contributed by atoms with Crippen molar-refractivity contribution in [2.75, 3.05) is 5.32 Å². The molecule has 0 aliphatic carbocycles. The maximum atomic E-state index is 10.4. The van der Waals surface area contributed by atoms with Gasteiger partial charge in [0.15, 0.2) is 0 Å². The van der Waals surface area contributed by atoms with E-state index in [9.17, 15) is 4.79 Å². The number of halogens is 2. The Labute approximate surface area is 77.7 Å². The average molecular weight is 234 g/mol. The van der Waals surface area contributed by atoms with Crippen molar-refractivity contribution in [2.24, 2.45) is 0 Å². The summed E-state index contributed by atoms with van der Waals surface area (Å²) in [6, 6.07) is 7.20. The van der Waals surface area contributed by atoms with E-state index in [1.54, 1.807) is 12.1 Å². The molecule has 0 saturated carbocycles. The van der Waals surface area contributed by atoms with Crippen molar-refractivity contribution in [2.45, 2.75) is 0 Å². The van der Waals surface area contributed by atoms with Gasteiger partial charge in [0.2, 0.25) is 0 Å². The lowest BCUT2D eigenvalue weighted by Gasteiger charge is -1.99. The Hall–Kier alpha value is -0.540. The molecule has 0 fully saturated rings. The minimum atomic E-state index is -0.580. The third kappa shape index (κ3) is 2.91. The summed E-state index contributed by atoms with van der Waals surface area (Å²) in [5, 5.41) is 1.86. The van der Waals surface area contributed by atoms with Crippen LogP contribution in [0.2, 0.25) is 0 Å². The fourth-order valence-corrected chi connectivity index (χ4v) is 1.19. The van der Waals surface area contributed by atoms with Gasteiger partial charge in [-0.05, 0) is 29.8 Å². The molecule has 1 aromatic carbocycles. The summed E-state index contributed by atoms with van der Waals surface area (Å²) in [4.78, 5) is 10.4. The van der Waals surface area contributed by atoms with Gasteiger partial charge in [0, 0.05) is 10.2 Å². The average Bonchev–Trinajstić information content (AvgIpc) is 1.85. The summed E-state index contributed by atoms with van der Waals surface area (Å²) in [5.74, 6) is 0. The second kappa shape index (κ2) is 3.74. The molecular formula is C7H5BrClNO. The maximum Gasteiger partial charge on any atom is 0.318 e. The van der Waals surface area contributed by atoms with Crippen LogP contribution in [0.15, 0.2) is 28.7 Å². The first-order chi connectivity index (χ1) is 5.18. The number of nitrogens with one attached hydrogen (secondary N) is 1. The van der Waals surface area contributed by atoms with Gasteiger partial charge < -0.3 is 5.32 Å². The van der Waals surface area contributed by atoms with Gasteiger partial charge in [0.25, 0.3) is 0 Å². The van der Waals surface area contributed by atoms with Gasteiger partial charge in [-0.1, -0.05) is 22.0 Å². The summed E-state index contributed by atoms with van der Waals surface area (Å²) < 4.78 is 0.903. The highest BCUT2D eigenvalue weighted by atomic mass is 79.9. The molecule has 0 saturated heterocycles. The van der Waals surface area contributed by atoms with Crippen molar-refractivity contribution in [1.82, 2.24) is 0 Å². The van der Waals surface area contributed by atoms with E-state index < -0.39 is 5.37 Å². The zero-order valence-electron chi connectivity index (χ0n) is 5.47. The number of carbonyl (C=O) groups is 1. The summed E-state index contributed by atoms with van der Waals surface area (Å²) in [7, 11) is 0. The van der Waals surface area contributed by atoms with E-state index >= 15 is 0 Å². The van der Waals surface area contributed by atoms with Gasteiger partial charge in [-0.25, -0.2) is 0 Å². The monoisotopic (exact) mass is 233 g/mol. The molecule has 0 radical (unpaired) electrons. The molecule has 4 heteroatoms. The first-order valence-corrected chi connectivity index (χ1v) is 4.07. The number of hydrogen-bond acceptors (Lipinski definition) is 1. The minimum absolute atomic E-state index is 0.580. The number of anilines is 1. The Morgan fingerprint density at radius 3 is 2.82 bits per heavy atom. The number of rotatable bonds is 1. The standard InChI is InChI=1S/C7H5BrClNO/c8-5-2-1-3-6(4-5)10-7(9)11/h1-4H,(H,10,11). The summed E-state index contributed by atoms with van der Waals surface area (Å²) in [5.41, 5.74) is 0.680. The second-order valence-corrected chi connectivity index (χ2v) is 3.17. The fourth-order valence-electron chi connectivity index (χ4n) is 0.680. The maximum absolute atomic E-state index is 10.4. The van der Waals surface area contributed by atoms with E-state index in [1.165, 1.54) is 0 Å². The zero-order valence-corrected chi connectivity index (χ0v) is 7.82. The Bertz CT molecular complexity index is 277. The van der Waals surface area contributed by atoms with Crippen LogP contribution in [0, 0.1) is 0 Å². The van der Waals surface area contributed by atoms with Gasteiger partial charge >= 0.3 is 5.37 Å². The van der Waals surface area contributed by atoms with Gasteiger partial charge in [-0.2, -0.15) is 0 Å². The molecule has 0 aromatic heterocycles. The van der Waals surface area contributed by atoms with Crippen LogP contribution in [0.25, 0.3) is 0 Å². The first-order valence-electron chi connectivity index (χ1n) is 2.90. The van der Waals surface area contributed by atoms with E-state index in [0.717, 1.165) is 4.47 Å². The van der Waals surface area contributed by atoms with Gasteiger partial charge in [-0.15, -0.1) is 0 Å². The lowest BCUT2D eigenvalue weighted by atomic mass is 10.3.